The van der Waals surface area contributed by atoms with Gasteiger partial charge >= 0.3 is 0 Å². The van der Waals surface area contributed by atoms with E-state index in [0.29, 0.717) is 17.2 Å². The number of hydrogen-bond acceptors (Lipinski definition) is 4. The predicted molar refractivity (Wildman–Crippen MR) is 122 cm³/mol. The number of H-pyrrole nitrogens is 1. The van der Waals surface area contributed by atoms with Crippen molar-refractivity contribution in [3.63, 3.8) is 0 Å². The van der Waals surface area contributed by atoms with E-state index in [1.54, 1.807) is 33.1 Å². The third kappa shape index (κ3) is 3.82. The van der Waals surface area contributed by atoms with E-state index in [-0.39, 0.29) is 0 Å². The lowest BCUT2D eigenvalue weighted by Crippen LogP contribution is -1.95. The molecule has 6 heteroatoms. The fraction of sp³-hybridized carbons (Fsp3) is 0.130. The van der Waals surface area contributed by atoms with E-state index in [1.807, 2.05) is 30.3 Å². The third-order valence-electron chi connectivity index (χ3n) is 4.63. The second-order valence-corrected chi connectivity index (χ2v) is 8.35. The van der Waals surface area contributed by atoms with Crippen molar-refractivity contribution < 1.29 is 14.2 Å². The van der Waals surface area contributed by atoms with E-state index in [1.165, 1.54) is 0 Å². The van der Waals surface area contributed by atoms with Crippen LogP contribution in [-0.4, -0.2) is 26.3 Å². The third-order valence-corrected chi connectivity index (χ3v) is 6.23. The standard InChI is InChI=1S/C23H20BrNO3S/c1-26-19-12-16(13-20(27-2)22(19)28-3)29-23-17-10-9-15(24)11-18(17)25-21(23)14-7-5-4-6-8-14/h4-13,25H,1-3H3. The fourth-order valence-electron chi connectivity index (χ4n) is 3.29. The summed E-state index contributed by atoms with van der Waals surface area (Å²) in [4.78, 5) is 5.73. The average molecular weight is 470 g/mol. The molecule has 0 aliphatic heterocycles. The monoisotopic (exact) mass is 469 g/mol. The summed E-state index contributed by atoms with van der Waals surface area (Å²) < 4.78 is 17.5. The molecule has 0 atom stereocenters. The molecule has 0 amide bonds. The molecule has 0 aliphatic rings. The zero-order valence-electron chi connectivity index (χ0n) is 16.3. The van der Waals surface area contributed by atoms with Crippen molar-refractivity contribution in [1.82, 2.24) is 4.98 Å². The lowest BCUT2D eigenvalue weighted by atomic mass is 10.1. The Balaban J connectivity index is 1.88. The Hall–Kier alpha value is -2.57. The van der Waals surface area contributed by atoms with Crippen molar-refractivity contribution >= 4 is 38.6 Å². The molecule has 1 heterocycles. The topological polar surface area (TPSA) is 43.5 Å². The van der Waals surface area contributed by atoms with E-state index in [9.17, 15) is 0 Å². The Morgan fingerprint density at radius 3 is 2.14 bits per heavy atom. The summed E-state index contributed by atoms with van der Waals surface area (Å²) in [5.41, 5.74) is 3.29. The average Bonchev–Trinajstić information content (AvgIpc) is 3.10. The first-order valence-electron chi connectivity index (χ1n) is 8.99. The number of rotatable bonds is 6. The molecule has 0 fully saturated rings. The Labute approximate surface area is 182 Å². The molecule has 1 aromatic heterocycles. The summed E-state index contributed by atoms with van der Waals surface area (Å²) in [5, 5.41) is 1.16. The van der Waals surface area contributed by atoms with Crippen molar-refractivity contribution in [2.75, 3.05) is 21.3 Å². The lowest BCUT2D eigenvalue weighted by molar-refractivity contribution is 0.323. The van der Waals surface area contributed by atoms with Crippen LogP contribution in [0.3, 0.4) is 0 Å². The van der Waals surface area contributed by atoms with Crippen LogP contribution in [0.4, 0.5) is 0 Å². The highest BCUT2D eigenvalue weighted by molar-refractivity contribution is 9.10. The van der Waals surface area contributed by atoms with Gasteiger partial charge in [0.15, 0.2) is 11.5 Å². The molecule has 0 saturated carbocycles. The molecular formula is C23H20BrNO3S. The van der Waals surface area contributed by atoms with Crippen LogP contribution in [0.15, 0.2) is 74.9 Å². The molecule has 4 nitrogen and oxygen atoms in total. The molecule has 0 saturated heterocycles. The number of aromatic amines is 1. The van der Waals surface area contributed by atoms with Crippen molar-refractivity contribution in [2.24, 2.45) is 0 Å². The Bertz CT molecular complexity index is 1130. The van der Waals surface area contributed by atoms with E-state index in [4.69, 9.17) is 14.2 Å². The number of nitrogens with one attached hydrogen (secondary N) is 1. The van der Waals surface area contributed by atoms with Gasteiger partial charge in [-0.25, -0.2) is 0 Å². The number of aromatic nitrogens is 1. The molecule has 0 spiro atoms. The summed E-state index contributed by atoms with van der Waals surface area (Å²) in [7, 11) is 4.87. The molecule has 29 heavy (non-hydrogen) atoms. The maximum absolute atomic E-state index is 5.52. The van der Waals surface area contributed by atoms with Crippen molar-refractivity contribution in [3.05, 3.63) is 65.1 Å². The normalized spacial score (nSPS) is 10.9. The summed E-state index contributed by atoms with van der Waals surface area (Å²) in [6.45, 7) is 0. The second-order valence-electron chi connectivity index (χ2n) is 6.35. The van der Waals surface area contributed by atoms with Crippen LogP contribution in [0.5, 0.6) is 17.2 Å². The van der Waals surface area contributed by atoms with Crippen LogP contribution in [-0.2, 0) is 0 Å². The Kier molecular flexibility index (Phi) is 5.74. The lowest BCUT2D eigenvalue weighted by Gasteiger charge is -2.14. The first kappa shape index (κ1) is 19.7. The van der Waals surface area contributed by atoms with Gasteiger partial charge in [0, 0.05) is 25.2 Å². The first-order chi connectivity index (χ1) is 14.1. The van der Waals surface area contributed by atoms with Gasteiger partial charge in [0.25, 0.3) is 0 Å². The minimum Gasteiger partial charge on any atom is -0.493 e. The van der Waals surface area contributed by atoms with E-state index in [2.05, 4.69) is 51.2 Å². The molecule has 4 aromatic rings. The highest BCUT2D eigenvalue weighted by Crippen LogP contribution is 2.46. The van der Waals surface area contributed by atoms with Crippen LogP contribution in [0.2, 0.25) is 0 Å². The summed E-state index contributed by atoms with van der Waals surface area (Å²) >= 11 is 5.24. The summed E-state index contributed by atoms with van der Waals surface area (Å²) in [5.74, 6) is 1.86. The SMILES string of the molecule is COc1cc(Sc2c(-c3ccccc3)[nH]c3cc(Br)ccc23)cc(OC)c1OC. The highest BCUT2D eigenvalue weighted by Gasteiger charge is 2.18. The predicted octanol–water partition coefficient (Wildman–Crippen LogP) is 6.77. The number of fused-ring (bicyclic) bond motifs is 1. The van der Waals surface area contributed by atoms with Crippen LogP contribution >= 0.6 is 27.7 Å². The quantitative estimate of drug-likeness (QED) is 0.338. The van der Waals surface area contributed by atoms with Gasteiger partial charge in [-0.05, 0) is 29.8 Å². The zero-order valence-corrected chi connectivity index (χ0v) is 18.7. The van der Waals surface area contributed by atoms with E-state index >= 15 is 0 Å². The zero-order chi connectivity index (χ0) is 20.4. The highest BCUT2D eigenvalue weighted by atomic mass is 79.9. The van der Waals surface area contributed by atoms with Gasteiger partial charge in [-0.3, -0.25) is 0 Å². The number of ether oxygens (including phenoxy) is 3. The van der Waals surface area contributed by atoms with Gasteiger partial charge in [0.05, 0.1) is 27.0 Å². The smallest absolute Gasteiger partial charge is 0.203 e. The van der Waals surface area contributed by atoms with E-state index in [0.717, 1.165) is 36.4 Å². The summed E-state index contributed by atoms with van der Waals surface area (Å²) in [6.07, 6.45) is 0. The van der Waals surface area contributed by atoms with Gasteiger partial charge < -0.3 is 19.2 Å². The molecule has 4 rings (SSSR count). The molecular weight excluding hydrogens is 450 g/mol. The molecule has 1 N–H and O–H groups in total. The first-order valence-corrected chi connectivity index (χ1v) is 10.6. The number of benzene rings is 3. The second kappa shape index (κ2) is 8.43. The molecule has 0 aliphatic carbocycles. The van der Waals surface area contributed by atoms with Crippen molar-refractivity contribution in [2.45, 2.75) is 9.79 Å². The molecule has 0 unspecified atom stereocenters. The van der Waals surface area contributed by atoms with Gasteiger partial charge in [0.2, 0.25) is 5.75 Å². The minimum absolute atomic E-state index is 0.588. The van der Waals surface area contributed by atoms with Crippen LogP contribution in [0.1, 0.15) is 0 Å². The van der Waals surface area contributed by atoms with Crippen LogP contribution in [0, 0.1) is 0 Å². The minimum atomic E-state index is 0.588. The molecule has 3 aromatic carbocycles. The number of halogens is 1. The van der Waals surface area contributed by atoms with Crippen molar-refractivity contribution in [1.29, 1.82) is 0 Å². The molecule has 0 bridgehead atoms. The largest absolute Gasteiger partial charge is 0.493 e. The molecule has 148 valence electrons. The number of methoxy groups -OCH3 is 3. The van der Waals surface area contributed by atoms with Crippen molar-refractivity contribution in [3.8, 4) is 28.5 Å². The Morgan fingerprint density at radius 1 is 0.828 bits per heavy atom. The molecule has 0 radical (unpaired) electrons. The van der Waals surface area contributed by atoms with Gasteiger partial charge in [0.1, 0.15) is 0 Å². The van der Waals surface area contributed by atoms with Crippen LogP contribution < -0.4 is 14.2 Å². The number of hydrogen-bond donors (Lipinski definition) is 1. The van der Waals surface area contributed by atoms with Crippen LogP contribution in [0.25, 0.3) is 22.2 Å². The van der Waals surface area contributed by atoms with Gasteiger partial charge in [-0.1, -0.05) is 64.1 Å². The van der Waals surface area contributed by atoms with E-state index < -0.39 is 0 Å². The summed E-state index contributed by atoms with van der Waals surface area (Å²) in [6, 6.07) is 20.6. The maximum atomic E-state index is 5.52. The Morgan fingerprint density at radius 2 is 1.52 bits per heavy atom. The maximum Gasteiger partial charge on any atom is 0.203 e. The van der Waals surface area contributed by atoms with Gasteiger partial charge in [-0.2, -0.15) is 0 Å². The fourth-order valence-corrected chi connectivity index (χ4v) is 4.78. The van der Waals surface area contributed by atoms with Gasteiger partial charge in [-0.15, -0.1) is 0 Å².